The number of nitrogens with zero attached hydrogens (tertiary/aromatic N) is 1. The van der Waals surface area contributed by atoms with E-state index in [1.165, 1.54) is 0 Å². The van der Waals surface area contributed by atoms with Gasteiger partial charge in [-0.25, -0.2) is 0 Å². The van der Waals surface area contributed by atoms with Crippen molar-refractivity contribution in [1.82, 2.24) is 4.90 Å². The molecule has 0 aromatic heterocycles. The van der Waals surface area contributed by atoms with Crippen LogP contribution < -0.4 is 5.32 Å². The van der Waals surface area contributed by atoms with E-state index >= 15 is 0 Å². The van der Waals surface area contributed by atoms with Crippen LogP contribution in [0.15, 0.2) is 18.2 Å². The minimum atomic E-state index is 0.0753. The summed E-state index contributed by atoms with van der Waals surface area (Å²) in [6, 6.07) is 5.87. The third-order valence-corrected chi connectivity index (χ3v) is 3.38. The molecule has 1 fully saturated rings. The average Bonchev–Trinajstić information content (AvgIpc) is 2.36. The zero-order valence-electron chi connectivity index (χ0n) is 12.1. The summed E-state index contributed by atoms with van der Waals surface area (Å²) in [6.07, 6.45) is 0.187. The van der Waals surface area contributed by atoms with Gasteiger partial charge in [-0.1, -0.05) is 6.07 Å². The lowest BCUT2D eigenvalue weighted by Gasteiger charge is -2.35. The first-order valence-electron chi connectivity index (χ1n) is 6.74. The molecule has 2 rings (SSSR count). The van der Waals surface area contributed by atoms with Crippen LogP contribution in [0.1, 0.15) is 29.8 Å². The van der Waals surface area contributed by atoms with Crippen LogP contribution in [-0.4, -0.2) is 43.2 Å². The summed E-state index contributed by atoms with van der Waals surface area (Å²) in [6.45, 7) is 7.34. The van der Waals surface area contributed by atoms with Gasteiger partial charge in [0, 0.05) is 25.8 Å². The van der Waals surface area contributed by atoms with Crippen molar-refractivity contribution in [2.24, 2.45) is 0 Å². The molecule has 0 unspecified atom stereocenters. The maximum Gasteiger partial charge on any atom is 0.256 e. The number of morpholine rings is 1. The highest BCUT2D eigenvalue weighted by Crippen LogP contribution is 2.21. The largest absolute Gasteiger partial charge is 0.387 e. The van der Waals surface area contributed by atoms with E-state index in [1.54, 1.807) is 0 Å². The Morgan fingerprint density at radius 3 is 2.53 bits per heavy atom. The highest BCUT2D eigenvalue weighted by molar-refractivity contribution is 5.99. The van der Waals surface area contributed by atoms with Crippen molar-refractivity contribution in [1.29, 1.82) is 0 Å². The smallest absolute Gasteiger partial charge is 0.256 e. The SMILES string of the molecule is CNc1cc(C)ccc1C(=O)N1C[C@@H](C)O[C@@H](C)C1. The van der Waals surface area contributed by atoms with Crippen LogP contribution in [0, 0.1) is 6.92 Å². The van der Waals surface area contributed by atoms with E-state index in [1.807, 2.05) is 50.9 Å². The van der Waals surface area contributed by atoms with Gasteiger partial charge in [-0.3, -0.25) is 4.79 Å². The third-order valence-electron chi connectivity index (χ3n) is 3.38. The first-order chi connectivity index (χ1) is 9.01. The summed E-state index contributed by atoms with van der Waals surface area (Å²) < 4.78 is 5.67. The molecular weight excluding hydrogens is 240 g/mol. The molecule has 1 aromatic carbocycles. The summed E-state index contributed by atoms with van der Waals surface area (Å²) in [7, 11) is 1.84. The second kappa shape index (κ2) is 5.61. The fourth-order valence-electron chi connectivity index (χ4n) is 2.57. The Kier molecular flexibility index (Phi) is 4.10. The fraction of sp³-hybridized carbons (Fsp3) is 0.533. The van der Waals surface area contributed by atoms with E-state index in [0.29, 0.717) is 13.1 Å². The van der Waals surface area contributed by atoms with Crippen LogP contribution in [0.5, 0.6) is 0 Å². The van der Waals surface area contributed by atoms with Gasteiger partial charge in [0.1, 0.15) is 0 Å². The summed E-state index contributed by atoms with van der Waals surface area (Å²) in [5.74, 6) is 0.0753. The Morgan fingerprint density at radius 2 is 1.95 bits per heavy atom. The molecule has 0 bridgehead atoms. The summed E-state index contributed by atoms with van der Waals surface area (Å²) in [5, 5.41) is 3.10. The Bertz CT molecular complexity index is 463. The van der Waals surface area contributed by atoms with Crippen molar-refractivity contribution in [2.75, 3.05) is 25.5 Å². The molecule has 4 heteroatoms. The highest BCUT2D eigenvalue weighted by Gasteiger charge is 2.27. The Labute approximate surface area is 114 Å². The number of hydrogen-bond acceptors (Lipinski definition) is 3. The summed E-state index contributed by atoms with van der Waals surface area (Å²) in [5.41, 5.74) is 2.76. The van der Waals surface area contributed by atoms with Gasteiger partial charge < -0.3 is 15.0 Å². The number of aryl methyl sites for hydroxylation is 1. The van der Waals surface area contributed by atoms with Crippen molar-refractivity contribution in [3.05, 3.63) is 29.3 Å². The number of ether oxygens (including phenoxy) is 1. The minimum absolute atomic E-state index is 0.0753. The lowest BCUT2D eigenvalue weighted by atomic mass is 10.1. The highest BCUT2D eigenvalue weighted by atomic mass is 16.5. The van der Waals surface area contributed by atoms with Crippen molar-refractivity contribution in [2.45, 2.75) is 33.0 Å². The Morgan fingerprint density at radius 1 is 1.32 bits per heavy atom. The van der Waals surface area contributed by atoms with Crippen LogP contribution in [-0.2, 0) is 4.74 Å². The maximum atomic E-state index is 12.6. The normalized spacial score (nSPS) is 23.3. The van der Waals surface area contributed by atoms with E-state index in [0.717, 1.165) is 16.8 Å². The first kappa shape index (κ1) is 13.9. The topological polar surface area (TPSA) is 41.6 Å². The fourth-order valence-corrected chi connectivity index (χ4v) is 2.57. The number of rotatable bonds is 2. The molecule has 1 heterocycles. The molecule has 1 N–H and O–H groups in total. The molecular formula is C15H22N2O2. The van der Waals surface area contributed by atoms with E-state index in [2.05, 4.69) is 5.32 Å². The van der Waals surface area contributed by atoms with Gasteiger partial charge in [-0.15, -0.1) is 0 Å². The van der Waals surface area contributed by atoms with Crippen molar-refractivity contribution < 1.29 is 9.53 Å². The van der Waals surface area contributed by atoms with E-state index < -0.39 is 0 Å². The lowest BCUT2D eigenvalue weighted by molar-refractivity contribution is -0.0585. The Balaban J connectivity index is 2.24. The average molecular weight is 262 g/mol. The molecule has 0 radical (unpaired) electrons. The van der Waals surface area contributed by atoms with Crippen LogP contribution in [0.25, 0.3) is 0 Å². The zero-order valence-corrected chi connectivity index (χ0v) is 12.1. The number of hydrogen-bond donors (Lipinski definition) is 1. The second-order valence-corrected chi connectivity index (χ2v) is 5.27. The molecule has 19 heavy (non-hydrogen) atoms. The third kappa shape index (κ3) is 3.07. The van der Waals surface area contributed by atoms with Gasteiger partial charge >= 0.3 is 0 Å². The second-order valence-electron chi connectivity index (χ2n) is 5.27. The van der Waals surface area contributed by atoms with Crippen LogP contribution >= 0.6 is 0 Å². The van der Waals surface area contributed by atoms with Gasteiger partial charge in [-0.2, -0.15) is 0 Å². The molecule has 104 valence electrons. The molecule has 0 saturated carbocycles. The van der Waals surface area contributed by atoms with Gasteiger partial charge in [-0.05, 0) is 38.5 Å². The van der Waals surface area contributed by atoms with Crippen molar-refractivity contribution in [3.63, 3.8) is 0 Å². The minimum Gasteiger partial charge on any atom is -0.387 e. The quantitative estimate of drug-likeness (QED) is 0.889. The molecule has 0 spiro atoms. The maximum absolute atomic E-state index is 12.6. The standard InChI is InChI=1S/C15H22N2O2/c1-10-5-6-13(14(7-10)16-4)15(18)17-8-11(2)19-12(3)9-17/h5-7,11-12,16H,8-9H2,1-4H3/t11-,12+. The zero-order chi connectivity index (χ0) is 14.0. The number of benzene rings is 1. The molecule has 2 atom stereocenters. The molecule has 4 nitrogen and oxygen atoms in total. The number of nitrogens with one attached hydrogen (secondary N) is 1. The van der Waals surface area contributed by atoms with Gasteiger partial charge in [0.05, 0.1) is 17.8 Å². The predicted octanol–water partition coefficient (Wildman–Crippen LogP) is 2.29. The van der Waals surface area contributed by atoms with Gasteiger partial charge in [0.25, 0.3) is 5.91 Å². The monoisotopic (exact) mass is 262 g/mol. The number of carbonyl (C=O) groups is 1. The van der Waals surface area contributed by atoms with E-state index in [9.17, 15) is 4.79 Å². The Hall–Kier alpha value is -1.55. The summed E-state index contributed by atoms with van der Waals surface area (Å²) >= 11 is 0. The van der Waals surface area contributed by atoms with Crippen molar-refractivity contribution in [3.8, 4) is 0 Å². The van der Waals surface area contributed by atoms with Gasteiger partial charge in [0.2, 0.25) is 0 Å². The molecule has 1 amide bonds. The lowest BCUT2D eigenvalue weighted by Crippen LogP contribution is -2.48. The van der Waals surface area contributed by atoms with Crippen LogP contribution in [0.3, 0.4) is 0 Å². The molecule has 1 saturated heterocycles. The van der Waals surface area contributed by atoms with Gasteiger partial charge in [0.15, 0.2) is 0 Å². The van der Waals surface area contributed by atoms with E-state index in [4.69, 9.17) is 4.74 Å². The van der Waals surface area contributed by atoms with Crippen LogP contribution in [0.2, 0.25) is 0 Å². The number of carbonyl (C=O) groups excluding carboxylic acids is 1. The molecule has 0 aliphatic carbocycles. The predicted molar refractivity (Wildman–Crippen MR) is 76.6 cm³/mol. The van der Waals surface area contributed by atoms with E-state index in [-0.39, 0.29) is 18.1 Å². The number of anilines is 1. The molecule has 1 aliphatic rings. The first-order valence-corrected chi connectivity index (χ1v) is 6.74. The summed E-state index contributed by atoms with van der Waals surface area (Å²) in [4.78, 5) is 14.5. The van der Waals surface area contributed by atoms with Crippen LogP contribution in [0.4, 0.5) is 5.69 Å². The number of amides is 1. The van der Waals surface area contributed by atoms with Crippen molar-refractivity contribution >= 4 is 11.6 Å². The molecule has 1 aliphatic heterocycles. The molecule has 1 aromatic rings.